The fourth-order valence-corrected chi connectivity index (χ4v) is 1.98. The van der Waals surface area contributed by atoms with Crippen molar-refractivity contribution in [2.75, 3.05) is 12.4 Å². The Balaban J connectivity index is 2.22. The summed E-state index contributed by atoms with van der Waals surface area (Å²) in [6.45, 7) is 0. The van der Waals surface area contributed by atoms with Gasteiger partial charge in [0.15, 0.2) is 28.3 Å². The molecule has 4 nitrogen and oxygen atoms in total. The van der Waals surface area contributed by atoms with E-state index >= 15 is 0 Å². The van der Waals surface area contributed by atoms with Gasteiger partial charge in [-0.2, -0.15) is 0 Å². The lowest BCUT2D eigenvalue weighted by Gasteiger charge is -2.03. The molecule has 0 saturated carbocycles. The van der Waals surface area contributed by atoms with Gasteiger partial charge in [-0.1, -0.05) is 0 Å². The number of hydrogen-bond donors (Lipinski definition) is 1. The van der Waals surface area contributed by atoms with Crippen LogP contribution in [0.15, 0.2) is 17.5 Å². The van der Waals surface area contributed by atoms with Crippen molar-refractivity contribution >= 4 is 28.1 Å². The third-order valence-corrected chi connectivity index (χ3v) is 2.89. The number of esters is 1. The van der Waals surface area contributed by atoms with Gasteiger partial charge in [-0.05, 0) is 0 Å². The smallest absolute Gasteiger partial charge is 0.357 e. The molecule has 0 unspecified atom stereocenters. The predicted molar refractivity (Wildman–Crippen MR) is 63.1 cm³/mol. The average Bonchev–Trinajstić information content (AvgIpc) is 2.83. The van der Waals surface area contributed by atoms with Gasteiger partial charge in [-0.25, -0.2) is 22.9 Å². The van der Waals surface area contributed by atoms with Gasteiger partial charge in [0.2, 0.25) is 0 Å². The maximum atomic E-state index is 13.0. The lowest BCUT2D eigenvalue weighted by Crippen LogP contribution is -2.02. The molecular formula is C11H7F3N2O2S. The molecule has 0 amide bonds. The van der Waals surface area contributed by atoms with Gasteiger partial charge in [0.05, 0.1) is 7.11 Å². The van der Waals surface area contributed by atoms with Gasteiger partial charge >= 0.3 is 5.97 Å². The van der Waals surface area contributed by atoms with Crippen molar-refractivity contribution in [2.24, 2.45) is 0 Å². The lowest BCUT2D eigenvalue weighted by molar-refractivity contribution is 0.0595. The van der Waals surface area contributed by atoms with Gasteiger partial charge < -0.3 is 10.1 Å². The third kappa shape index (κ3) is 2.84. The highest BCUT2D eigenvalue weighted by Crippen LogP contribution is 2.24. The second kappa shape index (κ2) is 5.27. The summed E-state index contributed by atoms with van der Waals surface area (Å²) in [6.07, 6.45) is 0. The Morgan fingerprint density at radius 1 is 1.32 bits per heavy atom. The van der Waals surface area contributed by atoms with Crippen LogP contribution >= 0.6 is 11.3 Å². The summed E-state index contributed by atoms with van der Waals surface area (Å²) in [7, 11) is 1.21. The number of anilines is 2. The minimum atomic E-state index is -1.54. The number of carbonyl (C=O) groups excluding carboxylic acids is 1. The zero-order valence-electron chi connectivity index (χ0n) is 9.54. The molecule has 2 rings (SSSR count). The number of thiazole rings is 1. The molecule has 0 fully saturated rings. The summed E-state index contributed by atoms with van der Waals surface area (Å²) in [4.78, 5) is 15.0. The van der Waals surface area contributed by atoms with Crippen LogP contribution in [0.1, 0.15) is 10.5 Å². The molecule has 1 N–H and O–H groups in total. The van der Waals surface area contributed by atoms with E-state index in [1.54, 1.807) is 0 Å². The Labute approximate surface area is 109 Å². The molecule has 100 valence electrons. The van der Waals surface area contributed by atoms with E-state index in [1.807, 2.05) is 0 Å². The SMILES string of the molecule is COC(=O)c1csc(Nc2cc(F)c(F)c(F)c2)n1. The number of rotatable bonds is 3. The standard InChI is InChI=1S/C11H7F3N2O2S/c1-18-10(17)8-4-19-11(16-8)15-5-2-6(12)9(14)7(13)3-5/h2-4H,1H3,(H,15,16). The van der Waals surface area contributed by atoms with Crippen LogP contribution in [0.25, 0.3) is 0 Å². The molecule has 0 aliphatic carbocycles. The van der Waals surface area contributed by atoms with Crippen LogP contribution in [0, 0.1) is 17.5 Å². The number of hydrogen-bond acceptors (Lipinski definition) is 5. The first-order valence-electron chi connectivity index (χ1n) is 4.96. The quantitative estimate of drug-likeness (QED) is 0.696. The molecule has 0 radical (unpaired) electrons. The normalized spacial score (nSPS) is 10.3. The highest BCUT2D eigenvalue weighted by molar-refractivity contribution is 7.14. The molecule has 1 aromatic carbocycles. The topological polar surface area (TPSA) is 51.2 Å². The van der Waals surface area contributed by atoms with Crippen molar-refractivity contribution in [3.05, 3.63) is 40.7 Å². The van der Waals surface area contributed by atoms with Crippen LogP contribution in [-0.4, -0.2) is 18.1 Å². The molecule has 0 saturated heterocycles. The van der Waals surface area contributed by atoms with Crippen LogP contribution in [0.3, 0.4) is 0 Å². The van der Waals surface area contributed by atoms with E-state index in [2.05, 4.69) is 15.0 Å². The van der Waals surface area contributed by atoms with E-state index in [-0.39, 0.29) is 16.5 Å². The highest BCUT2D eigenvalue weighted by Gasteiger charge is 2.13. The van der Waals surface area contributed by atoms with E-state index < -0.39 is 23.4 Å². The summed E-state index contributed by atoms with van der Waals surface area (Å²) < 4.78 is 43.2. The van der Waals surface area contributed by atoms with Crippen molar-refractivity contribution in [1.82, 2.24) is 4.98 Å². The van der Waals surface area contributed by atoms with Crippen molar-refractivity contribution in [3.8, 4) is 0 Å². The second-order valence-corrected chi connectivity index (χ2v) is 4.27. The molecule has 0 bridgehead atoms. The average molecular weight is 288 g/mol. The number of benzene rings is 1. The van der Waals surface area contributed by atoms with E-state index in [0.717, 1.165) is 23.5 Å². The van der Waals surface area contributed by atoms with Crippen LogP contribution in [-0.2, 0) is 4.74 Å². The van der Waals surface area contributed by atoms with Gasteiger partial charge in [-0.3, -0.25) is 0 Å². The Hall–Kier alpha value is -2.09. The molecule has 2 aromatic rings. The van der Waals surface area contributed by atoms with Crippen molar-refractivity contribution in [2.45, 2.75) is 0 Å². The Bertz CT molecular complexity index is 607. The van der Waals surface area contributed by atoms with Crippen LogP contribution in [0.2, 0.25) is 0 Å². The van der Waals surface area contributed by atoms with E-state index in [1.165, 1.54) is 12.5 Å². The second-order valence-electron chi connectivity index (χ2n) is 3.41. The number of ether oxygens (including phenoxy) is 1. The monoisotopic (exact) mass is 288 g/mol. The summed E-state index contributed by atoms with van der Waals surface area (Å²) in [6, 6.07) is 1.58. The van der Waals surface area contributed by atoms with E-state index in [9.17, 15) is 18.0 Å². The lowest BCUT2D eigenvalue weighted by atomic mass is 10.3. The maximum Gasteiger partial charge on any atom is 0.357 e. The predicted octanol–water partition coefficient (Wildman–Crippen LogP) is 3.09. The van der Waals surface area contributed by atoms with Crippen LogP contribution in [0.5, 0.6) is 0 Å². The van der Waals surface area contributed by atoms with Crippen molar-refractivity contribution in [1.29, 1.82) is 0 Å². The van der Waals surface area contributed by atoms with Gasteiger partial charge in [0, 0.05) is 23.2 Å². The summed E-state index contributed by atoms with van der Waals surface area (Å²) in [5, 5.41) is 4.21. The molecule has 0 aliphatic rings. The Morgan fingerprint density at radius 3 is 2.53 bits per heavy atom. The van der Waals surface area contributed by atoms with Crippen LogP contribution in [0.4, 0.5) is 24.0 Å². The van der Waals surface area contributed by atoms with Crippen molar-refractivity contribution < 1.29 is 22.7 Å². The number of nitrogens with one attached hydrogen (secondary N) is 1. The molecular weight excluding hydrogens is 281 g/mol. The van der Waals surface area contributed by atoms with Gasteiger partial charge in [-0.15, -0.1) is 11.3 Å². The summed E-state index contributed by atoms with van der Waals surface area (Å²) in [5.41, 5.74) is 0.0558. The Morgan fingerprint density at radius 2 is 1.95 bits per heavy atom. The number of aromatic nitrogens is 1. The van der Waals surface area contributed by atoms with E-state index in [4.69, 9.17) is 0 Å². The van der Waals surface area contributed by atoms with Crippen LogP contribution < -0.4 is 5.32 Å². The van der Waals surface area contributed by atoms with Gasteiger partial charge in [0.25, 0.3) is 0 Å². The molecule has 0 atom stereocenters. The summed E-state index contributed by atoms with van der Waals surface area (Å²) >= 11 is 1.04. The zero-order chi connectivity index (χ0) is 14.0. The molecule has 19 heavy (non-hydrogen) atoms. The largest absolute Gasteiger partial charge is 0.464 e. The van der Waals surface area contributed by atoms with Gasteiger partial charge in [0.1, 0.15) is 0 Å². The number of carbonyl (C=O) groups is 1. The fraction of sp³-hybridized carbons (Fsp3) is 0.0909. The third-order valence-electron chi connectivity index (χ3n) is 2.13. The minimum absolute atomic E-state index is 0.0119. The number of methoxy groups -OCH3 is 1. The van der Waals surface area contributed by atoms with E-state index in [0.29, 0.717) is 0 Å². The first-order chi connectivity index (χ1) is 9.01. The molecule has 1 heterocycles. The summed E-state index contributed by atoms with van der Waals surface area (Å²) in [5.74, 6) is -4.79. The molecule has 0 aliphatic heterocycles. The first-order valence-corrected chi connectivity index (χ1v) is 5.84. The van der Waals surface area contributed by atoms with Crippen molar-refractivity contribution in [3.63, 3.8) is 0 Å². The molecule has 8 heteroatoms. The maximum absolute atomic E-state index is 13.0. The zero-order valence-corrected chi connectivity index (χ0v) is 10.4. The Kier molecular flexibility index (Phi) is 3.70. The number of nitrogens with zero attached hydrogens (tertiary/aromatic N) is 1. The molecule has 1 aromatic heterocycles. The molecule has 0 spiro atoms. The highest BCUT2D eigenvalue weighted by atomic mass is 32.1. The minimum Gasteiger partial charge on any atom is -0.464 e. The fourth-order valence-electron chi connectivity index (χ4n) is 1.28. The number of halogens is 3. The first kappa shape index (κ1) is 13.3.